The summed E-state index contributed by atoms with van der Waals surface area (Å²) in [6.45, 7) is 0. The lowest BCUT2D eigenvalue weighted by molar-refractivity contribution is -0.0648. The van der Waals surface area contributed by atoms with E-state index in [2.05, 4.69) is 20.0 Å². The van der Waals surface area contributed by atoms with Crippen molar-refractivity contribution in [3.63, 3.8) is 0 Å². The van der Waals surface area contributed by atoms with Gasteiger partial charge in [0.25, 0.3) is 5.85 Å². The first-order chi connectivity index (χ1) is 8.75. The Bertz CT molecular complexity index is 675. The first kappa shape index (κ1) is 12.4. The average Bonchev–Trinajstić information content (AvgIpc) is 2.43. The maximum Gasteiger partial charge on any atom is 0.523 e. The van der Waals surface area contributed by atoms with Crippen molar-refractivity contribution in [2.45, 2.75) is 11.4 Å². The molecule has 0 aromatic carbocycles. The van der Waals surface area contributed by atoms with E-state index in [0.29, 0.717) is 11.4 Å². The van der Waals surface area contributed by atoms with Crippen molar-refractivity contribution in [1.82, 2.24) is 10.9 Å². The first-order valence-electron chi connectivity index (χ1n) is 5.00. The van der Waals surface area contributed by atoms with Crippen molar-refractivity contribution in [2.75, 3.05) is 0 Å². The number of hydrazine groups is 1. The Hall–Kier alpha value is -1.65. The molecule has 0 saturated heterocycles. The number of halogens is 3. The van der Waals surface area contributed by atoms with Gasteiger partial charge in [0.1, 0.15) is 0 Å². The van der Waals surface area contributed by atoms with Crippen LogP contribution in [-0.2, 0) is 14.3 Å². The minimum Gasteiger partial charge on any atom is -0.317 e. The van der Waals surface area contributed by atoms with Crippen molar-refractivity contribution in [1.29, 1.82) is 0 Å². The fraction of sp³-hybridized carbons (Fsp3) is 0.222. The predicted molar refractivity (Wildman–Crippen MR) is 57.8 cm³/mol. The molecular formula is C9H6F3N3O3S. The Labute approximate surface area is 105 Å². The molecular weight excluding hydrogens is 287 g/mol. The molecule has 3 rings (SSSR count). The molecule has 0 radical (unpaired) electrons. The maximum atomic E-state index is 12.3. The predicted octanol–water partition coefficient (Wildman–Crippen LogP) is 0.449. The van der Waals surface area contributed by atoms with Crippen molar-refractivity contribution in [2.24, 2.45) is 4.99 Å². The van der Waals surface area contributed by atoms with Gasteiger partial charge in [0, 0.05) is 0 Å². The molecule has 0 amide bonds. The van der Waals surface area contributed by atoms with E-state index in [-0.39, 0.29) is 5.57 Å². The summed E-state index contributed by atoms with van der Waals surface area (Å²) in [6, 6.07) is 0. The van der Waals surface area contributed by atoms with Gasteiger partial charge < -0.3 is 5.43 Å². The molecule has 0 aromatic heterocycles. The zero-order valence-electron chi connectivity index (χ0n) is 9.02. The van der Waals surface area contributed by atoms with E-state index >= 15 is 0 Å². The Morgan fingerprint density at radius 1 is 1.26 bits per heavy atom. The zero-order valence-corrected chi connectivity index (χ0v) is 9.84. The van der Waals surface area contributed by atoms with E-state index in [0.717, 1.165) is 0 Å². The van der Waals surface area contributed by atoms with E-state index in [1.54, 1.807) is 18.2 Å². The normalized spacial score (nSPS) is 28.5. The summed E-state index contributed by atoms with van der Waals surface area (Å²) in [5, 5.41) is 0. The highest BCUT2D eigenvalue weighted by molar-refractivity contribution is 7.87. The summed E-state index contributed by atoms with van der Waals surface area (Å²) >= 11 is 0. The number of nitrogens with zero attached hydrogens (tertiary/aromatic N) is 1. The van der Waals surface area contributed by atoms with Crippen LogP contribution in [0.15, 0.2) is 40.6 Å². The summed E-state index contributed by atoms with van der Waals surface area (Å²) in [4.78, 5) is 3.75. The summed E-state index contributed by atoms with van der Waals surface area (Å²) in [5.74, 6) is -2.04. The molecule has 0 fully saturated rings. The quantitative estimate of drug-likeness (QED) is 0.571. The SMILES string of the molecule is O=S(=O)(OC12N=C3C=CC=CC(=C31)NN2)C(F)(F)F. The standard InChI is InChI=1S/C9H6F3N3O3S/c10-9(11,12)19(16,17)18-8-7-5(13-8)3-1-2-4-6(7)14-15-8/h1-4,14-15H. The minimum absolute atomic E-state index is 0.227. The maximum absolute atomic E-state index is 12.3. The van der Waals surface area contributed by atoms with Crippen LogP contribution in [0.5, 0.6) is 0 Å². The van der Waals surface area contributed by atoms with Crippen molar-refractivity contribution < 1.29 is 25.8 Å². The largest absolute Gasteiger partial charge is 0.523 e. The Morgan fingerprint density at radius 3 is 2.63 bits per heavy atom. The fourth-order valence-corrected chi connectivity index (χ4v) is 2.43. The highest BCUT2D eigenvalue weighted by Gasteiger charge is 2.59. The number of rotatable bonds is 2. The average molecular weight is 293 g/mol. The summed E-state index contributed by atoms with van der Waals surface area (Å²) < 4.78 is 63.3. The van der Waals surface area contributed by atoms with Crippen molar-refractivity contribution in [3.8, 4) is 0 Å². The second kappa shape index (κ2) is 3.46. The molecule has 0 aromatic rings. The fourth-order valence-electron chi connectivity index (χ4n) is 1.86. The van der Waals surface area contributed by atoms with Crippen LogP contribution in [0.25, 0.3) is 0 Å². The number of aliphatic imine (C=N–C) groups is 1. The van der Waals surface area contributed by atoms with Gasteiger partial charge in [-0.25, -0.2) is 9.18 Å². The third-order valence-electron chi connectivity index (χ3n) is 2.65. The monoisotopic (exact) mass is 293 g/mol. The third kappa shape index (κ3) is 1.64. The van der Waals surface area contributed by atoms with Crippen molar-refractivity contribution >= 4 is 15.8 Å². The van der Waals surface area contributed by atoms with Crippen LogP contribution in [-0.4, -0.2) is 25.5 Å². The Morgan fingerprint density at radius 2 is 1.95 bits per heavy atom. The second-order valence-corrected chi connectivity index (χ2v) is 5.42. The third-order valence-corrected chi connectivity index (χ3v) is 3.68. The minimum atomic E-state index is -5.76. The molecule has 6 nitrogen and oxygen atoms in total. The summed E-state index contributed by atoms with van der Waals surface area (Å²) in [5.41, 5.74) is 0.323. The van der Waals surface area contributed by atoms with E-state index < -0.39 is 21.5 Å². The van der Waals surface area contributed by atoms with Gasteiger partial charge in [-0.15, -0.1) is 0 Å². The van der Waals surface area contributed by atoms with Crippen LogP contribution in [0, 0.1) is 0 Å². The number of allylic oxidation sites excluding steroid dienone is 4. The lowest BCUT2D eigenvalue weighted by Gasteiger charge is -2.34. The smallest absolute Gasteiger partial charge is 0.317 e. The van der Waals surface area contributed by atoms with Crippen LogP contribution in [0.3, 0.4) is 0 Å². The molecule has 0 saturated carbocycles. The number of hydrogen-bond donors (Lipinski definition) is 2. The van der Waals surface area contributed by atoms with Gasteiger partial charge in [-0.05, 0) is 12.2 Å². The van der Waals surface area contributed by atoms with E-state index in [9.17, 15) is 21.6 Å². The first-order valence-corrected chi connectivity index (χ1v) is 6.41. The number of alkyl halides is 3. The van der Waals surface area contributed by atoms with Gasteiger partial charge in [-0.2, -0.15) is 27.0 Å². The van der Waals surface area contributed by atoms with Crippen LogP contribution < -0.4 is 10.9 Å². The van der Waals surface area contributed by atoms with Gasteiger partial charge in [0.05, 0.1) is 17.0 Å². The number of hydrogen-bond acceptors (Lipinski definition) is 6. The molecule has 1 unspecified atom stereocenters. The van der Waals surface area contributed by atoms with Gasteiger partial charge in [0.15, 0.2) is 0 Å². The van der Waals surface area contributed by atoms with Gasteiger partial charge in [0.2, 0.25) is 0 Å². The highest BCUT2D eigenvalue weighted by atomic mass is 32.2. The molecule has 3 aliphatic rings. The van der Waals surface area contributed by atoms with E-state index in [1.807, 2.05) is 0 Å². The topological polar surface area (TPSA) is 79.8 Å². The zero-order chi connectivity index (χ0) is 13.9. The van der Waals surface area contributed by atoms with Gasteiger partial charge in [-0.3, -0.25) is 0 Å². The van der Waals surface area contributed by atoms with Gasteiger partial charge in [-0.1, -0.05) is 12.2 Å². The molecule has 1 atom stereocenters. The lowest BCUT2D eigenvalue weighted by atomic mass is 9.98. The van der Waals surface area contributed by atoms with Crippen LogP contribution in [0.4, 0.5) is 13.2 Å². The van der Waals surface area contributed by atoms with Gasteiger partial charge >= 0.3 is 15.6 Å². The molecule has 10 heteroatoms. The number of nitrogens with one attached hydrogen (secondary N) is 2. The molecule has 2 N–H and O–H groups in total. The molecule has 1 aliphatic carbocycles. The van der Waals surface area contributed by atoms with Crippen LogP contribution >= 0.6 is 0 Å². The summed E-state index contributed by atoms with van der Waals surface area (Å²) in [6.07, 6.45) is 6.36. The lowest BCUT2D eigenvalue weighted by Crippen LogP contribution is -2.56. The summed E-state index contributed by atoms with van der Waals surface area (Å²) in [7, 11) is -5.76. The molecule has 2 heterocycles. The molecule has 0 bridgehead atoms. The van der Waals surface area contributed by atoms with E-state index in [4.69, 9.17) is 0 Å². The molecule has 2 aliphatic heterocycles. The highest BCUT2D eigenvalue weighted by Crippen LogP contribution is 2.42. The molecule has 102 valence electrons. The second-order valence-electron chi connectivity index (χ2n) is 3.88. The van der Waals surface area contributed by atoms with Crippen LogP contribution in [0.1, 0.15) is 0 Å². The van der Waals surface area contributed by atoms with Crippen LogP contribution in [0.2, 0.25) is 0 Å². The Kier molecular flexibility index (Phi) is 2.26. The van der Waals surface area contributed by atoms with E-state index in [1.165, 1.54) is 6.08 Å². The Balaban J connectivity index is 2.01. The molecule has 19 heavy (non-hydrogen) atoms. The molecule has 0 spiro atoms. The van der Waals surface area contributed by atoms with Crippen molar-refractivity contribution in [3.05, 3.63) is 35.6 Å².